The number of hydrogen-bond donors (Lipinski definition) is 2. The molecule has 2 aromatic carbocycles. The van der Waals surface area contributed by atoms with Crippen molar-refractivity contribution in [3.63, 3.8) is 0 Å². The Hall–Kier alpha value is -2.54. The Morgan fingerprint density at radius 3 is 2.48 bits per heavy atom. The van der Waals surface area contributed by atoms with E-state index in [0.717, 1.165) is 0 Å². The Kier molecular flexibility index (Phi) is 5.99. The van der Waals surface area contributed by atoms with E-state index in [0.29, 0.717) is 17.7 Å². The van der Waals surface area contributed by atoms with Crippen LogP contribution in [0.25, 0.3) is 0 Å². The van der Waals surface area contributed by atoms with Gasteiger partial charge in [-0.1, -0.05) is 12.1 Å². The van der Waals surface area contributed by atoms with Gasteiger partial charge in [-0.15, -0.1) is 0 Å². The molecule has 2 rings (SSSR count). The van der Waals surface area contributed by atoms with Crippen LogP contribution in [0.4, 0.5) is 10.1 Å². The first-order valence-corrected chi connectivity index (χ1v) is 8.15. The lowest BCUT2D eigenvalue weighted by molar-refractivity contribution is -0.105. The molecule has 5 nitrogen and oxygen atoms in total. The van der Waals surface area contributed by atoms with Crippen molar-refractivity contribution in [1.82, 2.24) is 5.32 Å². The van der Waals surface area contributed by atoms with Crippen LogP contribution >= 0.6 is 0 Å². The number of carbonyl (C=O) groups is 2. The highest BCUT2D eigenvalue weighted by atomic mass is 32.2. The fourth-order valence-corrected chi connectivity index (χ4v) is 2.91. The van der Waals surface area contributed by atoms with E-state index in [9.17, 15) is 18.2 Å². The number of carbonyl (C=O) groups excluding carboxylic acids is 2. The van der Waals surface area contributed by atoms with Crippen LogP contribution in [0.1, 0.15) is 10.4 Å². The van der Waals surface area contributed by atoms with E-state index in [2.05, 4.69) is 10.6 Å². The molecule has 0 spiro atoms. The summed E-state index contributed by atoms with van der Waals surface area (Å²) in [4.78, 5) is 22.3. The molecule has 0 bridgehead atoms. The normalized spacial score (nSPS) is 11.5. The lowest BCUT2D eigenvalue weighted by atomic mass is 10.2. The first-order valence-electron chi connectivity index (χ1n) is 6.83. The van der Waals surface area contributed by atoms with E-state index in [4.69, 9.17) is 0 Å². The van der Waals surface area contributed by atoms with Gasteiger partial charge in [0.2, 0.25) is 6.41 Å². The highest BCUT2D eigenvalue weighted by Gasteiger charge is 2.10. The fourth-order valence-electron chi connectivity index (χ4n) is 1.88. The summed E-state index contributed by atoms with van der Waals surface area (Å²) in [6.45, 7) is 0.161. The number of amides is 2. The van der Waals surface area contributed by atoms with Crippen molar-refractivity contribution >= 4 is 28.8 Å². The lowest BCUT2D eigenvalue weighted by Crippen LogP contribution is -2.27. The van der Waals surface area contributed by atoms with Crippen LogP contribution in [0.3, 0.4) is 0 Å². The third-order valence-electron chi connectivity index (χ3n) is 3.03. The number of anilines is 1. The highest BCUT2D eigenvalue weighted by Crippen LogP contribution is 2.11. The molecule has 0 saturated heterocycles. The molecular weight excluding hydrogens is 319 g/mol. The number of rotatable bonds is 7. The smallest absolute Gasteiger partial charge is 0.251 e. The third-order valence-corrected chi connectivity index (χ3v) is 4.42. The van der Waals surface area contributed by atoms with Gasteiger partial charge >= 0.3 is 0 Å². The molecular formula is C16H15FN2O3S. The quantitative estimate of drug-likeness (QED) is 0.760. The number of nitrogens with one attached hydrogen (secondary N) is 2. The van der Waals surface area contributed by atoms with E-state index < -0.39 is 16.6 Å². The number of hydrogen-bond acceptors (Lipinski definition) is 3. The molecule has 0 heterocycles. The Balaban J connectivity index is 1.86. The van der Waals surface area contributed by atoms with E-state index in [1.165, 1.54) is 18.2 Å². The predicted molar refractivity (Wildman–Crippen MR) is 86.1 cm³/mol. The molecule has 2 aromatic rings. The minimum absolute atomic E-state index is 0.122. The zero-order valence-corrected chi connectivity index (χ0v) is 12.9. The molecule has 0 radical (unpaired) electrons. The lowest BCUT2D eigenvalue weighted by Gasteiger charge is -2.07. The van der Waals surface area contributed by atoms with Gasteiger partial charge in [0.15, 0.2) is 0 Å². The van der Waals surface area contributed by atoms with Gasteiger partial charge in [-0.2, -0.15) is 0 Å². The van der Waals surface area contributed by atoms with Crippen molar-refractivity contribution < 1.29 is 18.2 Å². The van der Waals surface area contributed by atoms with E-state index in [1.54, 1.807) is 30.3 Å². The maximum absolute atomic E-state index is 13.5. The van der Waals surface area contributed by atoms with Crippen LogP contribution < -0.4 is 10.6 Å². The Labute approximate surface area is 135 Å². The molecule has 0 aliphatic carbocycles. The Morgan fingerprint density at radius 2 is 1.83 bits per heavy atom. The van der Waals surface area contributed by atoms with Crippen LogP contribution in [-0.4, -0.2) is 28.8 Å². The van der Waals surface area contributed by atoms with E-state index in [-0.39, 0.29) is 23.1 Å². The van der Waals surface area contributed by atoms with Crippen LogP contribution in [-0.2, 0) is 15.6 Å². The Morgan fingerprint density at radius 1 is 1.13 bits per heavy atom. The van der Waals surface area contributed by atoms with Crippen molar-refractivity contribution in [3.8, 4) is 0 Å². The average Bonchev–Trinajstić information content (AvgIpc) is 2.56. The minimum atomic E-state index is -1.51. The van der Waals surface area contributed by atoms with Crippen LogP contribution in [0, 0.1) is 5.82 Å². The molecule has 0 aromatic heterocycles. The van der Waals surface area contributed by atoms with Crippen molar-refractivity contribution in [3.05, 3.63) is 59.9 Å². The summed E-state index contributed by atoms with van der Waals surface area (Å²) in [5, 5.41) is 5.09. The van der Waals surface area contributed by atoms with E-state index >= 15 is 0 Å². The summed E-state index contributed by atoms with van der Waals surface area (Å²) in [5.74, 6) is -0.721. The molecule has 120 valence electrons. The molecule has 0 aliphatic heterocycles. The van der Waals surface area contributed by atoms with Gasteiger partial charge in [0.25, 0.3) is 5.91 Å². The number of benzene rings is 2. The Bertz CT molecular complexity index is 720. The van der Waals surface area contributed by atoms with Gasteiger partial charge in [0.1, 0.15) is 5.82 Å². The molecule has 1 atom stereocenters. The number of halogens is 1. The molecule has 0 fully saturated rings. The summed E-state index contributed by atoms with van der Waals surface area (Å²) < 4.78 is 25.5. The first-order chi connectivity index (χ1) is 11.1. The zero-order valence-electron chi connectivity index (χ0n) is 12.1. The van der Waals surface area contributed by atoms with Crippen LogP contribution in [0.15, 0.2) is 53.4 Å². The van der Waals surface area contributed by atoms with Crippen LogP contribution in [0.2, 0.25) is 0 Å². The molecule has 0 saturated carbocycles. The van der Waals surface area contributed by atoms with Gasteiger partial charge in [0.05, 0.1) is 15.7 Å². The molecule has 0 aliphatic rings. The largest absolute Gasteiger partial charge is 0.351 e. The molecule has 2 N–H and O–H groups in total. The standard InChI is InChI=1S/C16H15FN2O3S/c17-14-3-1-2-4-15(14)23(22)10-9-18-16(21)12-5-7-13(8-6-12)19-11-20/h1-8,11H,9-10H2,(H,18,21)(H,19,20)/t23-/m0/s1. The molecule has 2 amide bonds. The van der Waals surface area contributed by atoms with E-state index in [1.807, 2.05) is 0 Å². The second-order valence-corrected chi connectivity index (χ2v) is 6.11. The highest BCUT2D eigenvalue weighted by molar-refractivity contribution is 7.85. The predicted octanol–water partition coefficient (Wildman–Crippen LogP) is 1.93. The second kappa shape index (κ2) is 8.19. The summed E-state index contributed by atoms with van der Waals surface area (Å²) in [5.41, 5.74) is 0.996. The van der Waals surface area contributed by atoms with Gasteiger partial charge in [-0.3, -0.25) is 13.8 Å². The van der Waals surface area contributed by atoms with Crippen molar-refractivity contribution in [2.24, 2.45) is 0 Å². The second-order valence-electron chi connectivity index (χ2n) is 4.58. The molecule has 23 heavy (non-hydrogen) atoms. The van der Waals surface area contributed by atoms with Gasteiger partial charge in [-0.25, -0.2) is 4.39 Å². The molecule has 0 unspecified atom stereocenters. The topological polar surface area (TPSA) is 75.3 Å². The summed E-state index contributed by atoms with van der Waals surface area (Å²) in [7, 11) is -1.51. The van der Waals surface area contributed by atoms with Crippen molar-refractivity contribution in [2.75, 3.05) is 17.6 Å². The summed E-state index contributed by atoms with van der Waals surface area (Å²) in [6, 6.07) is 12.2. The fraction of sp³-hybridized carbons (Fsp3) is 0.125. The van der Waals surface area contributed by atoms with Gasteiger partial charge in [0, 0.05) is 23.5 Å². The third kappa shape index (κ3) is 4.72. The maximum atomic E-state index is 13.5. The monoisotopic (exact) mass is 334 g/mol. The molecule has 7 heteroatoms. The average molecular weight is 334 g/mol. The van der Waals surface area contributed by atoms with Crippen molar-refractivity contribution in [1.29, 1.82) is 0 Å². The first kappa shape index (κ1) is 16.8. The zero-order chi connectivity index (χ0) is 16.7. The maximum Gasteiger partial charge on any atom is 0.251 e. The summed E-state index contributed by atoms with van der Waals surface area (Å²) in [6.07, 6.45) is 0.549. The summed E-state index contributed by atoms with van der Waals surface area (Å²) >= 11 is 0. The van der Waals surface area contributed by atoms with Gasteiger partial charge in [-0.05, 0) is 36.4 Å². The minimum Gasteiger partial charge on any atom is -0.351 e. The van der Waals surface area contributed by atoms with Gasteiger partial charge < -0.3 is 10.6 Å². The van der Waals surface area contributed by atoms with Crippen molar-refractivity contribution in [2.45, 2.75) is 4.90 Å². The SMILES string of the molecule is O=CNc1ccc(C(=O)NCC[S@](=O)c2ccccc2F)cc1. The van der Waals surface area contributed by atoms with Crippen LogP contribution in [0.5, 0.6) is 0 Å².